The molecule has 0 saturated heterocycles. The molecule has 43 heavy (non-hydrogen) atoms. The van der Waals surface area contributed by atoms with E-state index in [1.54, 1.807) is 20.0 Å². The standard InChI is InChI=1S/C27H36FNO3.C5H10N2.2C2H6/c1-9-10-11-12-20(3)25(32-27(8,17-30)29-18-31)23(26(5,6)7)15-21(4)22-14-13-19(2)24(28)16-22;1-3-5(4-6)7-2;2*1-2/h11-18H,4,9-10H2,1-3,5-8H3,(H,29,31);4,6H,3H2,1-2H3;2*1-2H3/b12-11+,23-15+,25-20-;;;. The van der Waals surface area contributed by atoms with E-state index in [-0.39, 0.29) is 5.82 Å². The van der Waals surface area contributed by atoms with E-state index in [1.807, 2.05) is 86.6 Å². The molecule has 1 rings (SSSR count). The number of hydrogen-bond acceptors (Lipinski definition) is 5. The van der Waals surface area contributed by atoms with Gasteiger partial charge in [0.1, 0.15) is 11.6 Å². The Kier molecular flexibility index (Phi) is 24.4. The van der Waals surface area contributed by atoms with Gasteiger partial charge in [-0.2, -0.15) is 0 Å². The molecule has 6 nitrogen and oxygen atoms in total. The van der Waals surface area contributed by atoms with Crippen LogP contribution in [0.15, 0.2) is 64.9 Å². The molecule has 0 heterocycles. The fourth-order valence-corrected chi connectivity index (χ4v) is 3.26. The minimum Gasteiger partial charge on any atom is -0.461 e. The molecule has 0 fully saturated rings. The lowest BCUT2D eigenvalue weighted by atomic mass is 9.82. The van der Waals surface area contributed by atoms with Crippen molar-refractivity contribution >= 4 is 30.2 Å². The monoisotopic (exact) mass is 599 g/mol. The maximum absolute atomic E-state index is 14.1. The average Bonchev–Trinajstić information content (AvgIpc) is 2.99. The summed E-state index contributed by atoms with van der Waals surface area (Å²) in [5, 5.41) is 9.14. The number of ether oxygens (including phenoxy) is 1. The topological polar surface area (TPSA) is 91.6 Å². The average molecular weight is 600 g/mol. The maximum atomic E-state index is 14.1. The predicted octanol–water partition coefficient (Wildman–Crippen LogP) is 9.60. The second-order valence-electron chi connectivity index (χ2n) is 10.3. The molecule has 0 saturated carbocycles. The maximum Gasteiger partial charge on any atom is 0.236 e. The Labute approximate surface area is 261 Å². The fourth-order valence-electron chi connectivity index (χ4n) is 3.26. The van der Waals surface area contributed by atoms with Gasteiger partial charge >= 0.3 is 0 Å². The van der Waals surface area contributed by atoms with Gasteiger partial charge in [0.05, 0.1) is 5.71 Å². The van der Waals surface area contributed by atoms with E-state index < -0.39 is 11.1 Å². The van der Waals surface area contributed by atoms with Crippen molar-refractivity contribution < 1.29 is 18.7 Å². The van der Waals surface area contributed by atoms with Crippen LogP contribution < -0.4 is 5.32 Å². The number of carbonyl (C=O) groups excluding carboxylic acids is 2. The summed E-state index contributed by atoms with van der Waals surface area (Å²) in [6.07, 6.45) is 10.8. The van der Waals surface area contributed by atoms with Crippen molar-refractivity contribution in [3.63, 3.8) is 0 Å². The zero-order valence-electron chi connectivity index (χ0n) is 29.1. The van der Waals surface area contributed by atoms with Gasteiger partial charge in [-0.3, -0.25) is 14.6 Å². The molecule has 2 N–H and O–H groups in total. The number of carbonyl (C=O) groups is 2. The van der Waals surface area contributed by atoms with Crippen LogP contribution in [0.5, 0.6) is 0 Å². The van der Waals surface area contributed by atoms with Crippen LogP contribution in [0, 0.1) is 23.6 Å². The highest BCUT2D eigenvalue weighted by atomic mass is 19.1. The van der Waals surface area contributed by atoms with Crippen molar-refractivity contribution in [2.75, 3.05) is 7.05 Å². The van der Waals surface area contributed by atoms with Crippen LogP contribution in [0.1, 0.15) is 107 Å². The van der Waals surface area contributed by atoms with Crippen molar-refractivity contribution in [2.24, 2.45) is 10.4 Å². The molecular formula is C36H58FN3O3. The quantitative estimate of drug-likeness (QED) is 0.0777. The van der Waals surface area contributed by atoms with Gasteiger partial charge in [0.25, 0.3) is 0 Å². The highest BCUT2D eigenvalue weighted by Gasteiger charge is 2.31. The fraction of sp³-hybridized carbons (Fsp3) is 0.500. The number of aryl methyl sites for hydroxylation is 1. The summed E-state index contributed by atoms with van der Waals surface area (Å²) in [5.74, 6) is 0.159. The number of amides is 1. The lowest BCUT2D eigenvalue weighted by molar-refractivity contribution is -0.133. The first kappa shape index (κ1) is 43.8. The normalized spacial score (nSPS) is 13.3. The first-order valence-corrected chi connectivity index (χ1v) is 15.1. The van der Waals surface area contributed by atoms with Crippen molar-refractivity contribution in [3.8, 4) is 0 Å². The minimum absolute atomic E-state index is 0.302. The van der Waals surface area contributed by atoms with Gasteiger partial charge in [0, 0.05) is 25.8 Å². The van der Waals surface area contributed by atoms with E-state index in [2.05, 4.69) is 23.8 Å². The Hall–Kier alpha value is -3.61. The van der Waals surface area contributed by atoms with Crippen molar-refractivity contribution in [2.45, 2.75) is 108 Å². The highest BCUT2D eigenvalue weighted by Crippen LogP contribution is 2.37. The number of unbranched alkanes of at least 4 members (excludes halogenated alkanes) is 1. The Morgan fingerprint density at radius 3 is 2.07 bits per heavy atom. The van der Waals surface area contributed by atoms with Gasteiger partial charge in [0.2, 0.25) is 12.1 Å². The number of aliphatic imine (C=N–C) groups is 1. The molecular weight excluding hydrogens is 541 g/mol. The van der Waals surface area contributed by atoms with Crippen LogP contribution in [0.25, 0.3) is 5.57 Å². The van der Waals surface area contributed by atoms with E-state index in [1.165, 1.54) is 19.2 Å². The SMILES string of the molecule is C=C(\C=C(/C(OC(C)(C=O)NC=O)=C(C)/C=C/CCC)C(C)(C)C)c1ccc(C)c(F)c1.CC.CC.CCC(C=N)=NC. The zero-order valence-corrected chi connectivity index (χ0v) is 29.1. The number of allylic oxidation sites excluding steroid dienone is 6. The van der Waals surface area contributed by atoms with E-state index in [9.17, 15) is 14.0 Å². The van der Waals surface area contributed by atoms with Crippen molar-refractivity contribution in [3.05, 3.63) is 76.9 Å². The molecule has 1 aromatic rings. The molecule has 0 aliphatic heterocycles. The van der Waals surface area contributed by atoms with Crippen LogP contribution in [-0.4, -0.2) is 37.4 Å². The number of hydrogen-bond donors (Lipinski definition) is 2. The van der Waals surface area contributed by atoms with Crippen molar-refractivity contribution in [1.82, 2.24) is 5.32 Å². The van der Waals surface area contributed by atoms with Crippen LogP contribution >= 0.6 is 0 Å². The molecule has 0 bridgehead atoms. The van der Waals surface area contributed by atoms with Crippen molar-refractivity contribution in [1.29, 1.82) is 5.41 Å². The Morgan fingerprint density at radius 1 is 1.12 bits per heavy atom. The molecule has 0 spiro atoms. The molecule has 1 aromatic carbocycles. The molecule has 0 aliphatic carbocycles. The third kappa shape index (κ3) is 17.2. The number of nitrogens with one attached hydrogen (secondary N) is 2. The van der Waals surface area contributed by atoms with Crippen LogP contribution in [-0.2, 0) is 14.3 Å². The van der Waals surface area contributed by atoms with Crippen LogP contribution in [0.3, 0.4) is 0 Å². The second kappa shape index (κ2) is 23.9. The lowest BCUT2D eigenvalue weighted by Gasteiger charge is -2.32. The summed E-state index contributed by atoms with van der Waals surface area (Å²) < 4.78 is 20.3. The molecule has 0 aliphatic rings. The first-order chi connectivity index (χ1) is 20.2. The molecule has 1 amide bonds. The summed E-state index contributed by atoms with van der Waals surface area (Å²) in [6, 6.07) is 4.99. The third-order valence-electron chi connectivity index (χ3n) is 5.80. The Morgan fingerprint density at radius 2 is 1.70 bits per heavy atom. The molecule has 0 radical (unpaired) electrons. The zero-order chi connectivity index (χ0) is 34.2. The number of aldehydes is 1. The van der Waals surface area contributed by atoms with E-state index in [0.717, 1.165) is 36.1 Å². The van der Waals surface area contributed by atoms with Crippen LogP contribution in [0.2, 0.25) is 0 Å². The number of benzene rings is 1. The van der Waals surface area contributed by atoms with E-state index >= 15 is 0 Å². The smallest absolute Gasteiger partial charge is 0.236 e. The lowest BCUT2D eigenvalue weighted by Crippen LogP contribution is -2.46. The van der Waals surface area contributed by atoms with Gasteiger partial charge in [-0.05, 0) is 66.5 Å². The Bertz CT molecular complexity index is 1130. The van der Waals surface area contributed by atoms with Gasteiger partial charge < -0.3 is 15.5 Å². The molecule has 7 heteroatoms. The summed E-state index contributed by atoms with van der Waals surface area (Å²) in [4.78, 5) is 26.6. The predicted molar refractivity (Wildman–Crippen MR) is 184 cm³/mol. The first-order valence-electron chi connectivity index (χ1n) is 15.1. The highest BCUT2D eigenvalue weighted by molar-refractivity contribution is 6.29. The summed E-state index contributed by atoms with van der Waals surface area (Å²) >= 11 is 0. The van der Waals surface area contributed by atoms with Gasteiger partial charge in [-0.15, -0.1) is 0 Å². The second-order valence-corrected chi connectivity index (χ2v) is 10.3. The summed E-state index contributed by atoms with van der Waals surface area (Å²) in [5.41, 5.74) is 2.27. The summed E-state index contributed by atoms with van der Waals surface area (Å²) in [6.45, 7) is 27.3. The molecule has 1 atom stereocenters. The molecule has 0 aromatic heterocycles. The third-order valence-corrected chi connectivity index (χ3v) is 5.80. The number of halogens is 1. The van der Waals surface area contributed by atoms with Gasteiger partial charge in [-0.1, -0.05) is 99.6 Å². The van der Waals surface area contributed by atoms with Gasteiger partial charge in [0.15, 0.2) is 6.29 Å². The summed E-state index contributed by atoms with van der Waals surface area (Å²) in [7, 11) is 1.70. The van der Waals surface area contributed by atoms with E-state index in [4.69, 9.17) is 10.1 Å². The largest absolute Gasteiger partial charge is 0.461 e. The van der Waals surface area contributed by atoms with Gasteiger partial charge in [-0.25, -0.2) is 4.39 Å². The number of nitrogens with zero attached hydrogens (tertiary/aromatic N) is 1. The molecule has 242 valence electrons. The number of rotatable bonds is 13. The Balaban J connectivity index is -0.00000125. The molecule has 1 unspecified atom stereocenters. The van der Waals surface area contributed by atoms with E-state index in [0.29, 0.717) is 35.2 Å². The van der Waals surface area contributed by atoms with Crippen LogP contribution in [0.4, 0.5) is 4.39 Å². The minimum atomic E-state index is -1.54.